The van der Waals surface area contributed by atoms with Crippen molar-refractivity contribution in [1.82, 2.24) is 14.4 Å². The molecule has 0 atom stereocenters. The highest BCUT2D eigenvalue weighted by Crippen LogP contribution is 2.36. The molecule has 5 rings (SSSR count). The van der Waals surface area contributed by atoms with Gasteiger partial charge in [-0.25, -0.2) is 9.97 Å². The molecule has 0 spiro atoms. The first-order chi connectivity index (χ1) is 15.5. The Morgan fingerprint density at radius 2 is 1.94 bits per heavy atom. The summed E-state index contributed by atoms with van der Waals surface area (Å²) in [5.74, 6) is 1.01. The average molecular weight is 443 g/mol. The van der Waals surface area contributed by atoms with Gasteiger partial charge < -0.3 is 19.6 Å². The van der Waals surface area contributed by atoms with Crippen LogP contribution in [0.5, 0.6) is 11.5 Å². The molecule has 32 heavy (non-hydrogen) atoms. The zero-order chi connectivity index (χ0) is 22.2. The molecule has 3 aromatic heterocycles. The second-order valence-electron chi connectivity index (χ2n) is 7.49. The molecule has 2 N–H and O–H groups in total. The second kappa shape index (κ2) is 8.01. The molecule has 3 heterocycles. The fraction of sp³-hybridized carbons (Fsp3) is 0.120. The Balaban J connectivity index is 1.52. The number of anilines is 2. The van der Waals surface area contributed by atoms with Gasteiger partial charge in [0.05, 0.1) is 28.4 Å². The summed E-state index contributed by atoms with van der Waals surface area (Å²) >= 11 is 1.56. The maximum absolute atomic E-state index is 10.6. The predicted octanol–water partition coefficient (Wildman–Crippen LogP) is 6.20. The standard InChI is InChI=1S/C25H22N4O2S/c1-15-24(17-6-4-7-19(12-17)31-3)28-25-21(8-5-11-29(15)25)27-18-9-10-20(22(30)13-18)23-14-26-16(2)32-23/h4-14,27,30H,1-3H3. The van der Waals surface area contributed by atoms with Crippen LogP contribution in [0.1, 0.15) is 10.7 Å². The summed E-state index contributed by atoms with van der Waals surface area (Å²) in [7, 11) is 1.66. The minimum absolute atomic E-state index is 0.210. The van der Waals surface area contributed by atoms with Crippen LogP contribution in [-0.2, 0) is 0 Å². The first kappa shape index (κ1) is 20.1. The van der Waals surface area contributed by atoms with Gasteiger partial charge in [-0.3, -0.25) is 0 Å². The molecule has 0 saturated carbocycles. The van der Waals surface area contributed by atoms with Crippen LogP contribution in [0.15, 0.2) is 67.0 Å². The molecule has 160 valence electrons. The highest BCUT2D eigenvalue weighted by atomic mass is 32.1. The molecule has 0 radical (unpaired) electrons. The van der Waals surface area contributed by atoms with Crippen molar-refractivity contribution in [3.8, 4) is 33.2 Å². The average Bonchev–Trinajstić information content (AvgIpc) is 3.38. The second-order valence-corrected chi connectivity index (χ2v) is 8.73. The van der Waals surface area contributed by atoms with Gasteiger partial charge in [0.1, 0.15) is 11.5 Å². The number of rotatable bonds is 5. The molecule has 0 unspecified atom stereocenters. The molecule has 0 fully saturated rings. The lowest BCUT2D eigenvalue weighted by molar-refractivity contribution is 0.415. The molecule has 2 aromatic carbocycles. The van der Waals surface area contributed by atoms with E-state index in [0.29, 0.717) is 0 Å². The predicted molar refractivity (Wildman–Crippen MR) is 129 cm³/mol. The lowest BCUT2D eigenvalue weighted by atomic mass is 10.1. The maximum Gasteiger partial charge on any atom is 0.161 e. The number of phenolic OH excluding ortho intramolecular Hbond substituents is 1. The number of pyridine rings is 1. The number of aromatic hydroxyl groups is 1. The summed E-state index contributed by atoms with van der Waals surface area (Å²) in [6.07, 6.45) is 3.79. The third-order valence-corrected chi connectivity index (χ3v) is 6.34. The van der Waals surface area contributed by atoms with Crippen LogP contribution in [0.2, 0.25) is 0 Å². The van der Waals surface area contributed by atoms with Crippen molar-refractivity contribution in [2.24, 2.45) is 0 Å². The fourth-order valence-corrected chi connectivity index (χ4v) is 4.60. The molecule has 0 bridgehead atoms. The van der Waals surface area contributed by atoms with Crippen molar-refractivity contribution in [1.29, 1.82) is 0 Å². The van der Waals surface area contributed by atoms with Crippen molar-refractivity contribution in [2.45, 2.75) is 13.8 Å². The number of ether oxygens (including phenoxy) is 1. The van der Waals surface area contributed by atoms with Crippen molar-refractivity contribution in [3.63, 3.8) is 0 Å². The highest BCUT2D eigenvalue weighted by Gasteiger charge is 2.15. The van der Waals surface area contributed by atoms with Gasteiger partial charge in [-0.1, -0.05) is 12.1 Å². The normalized spacial score (nSPS) is 11.1. The molecule has 0 amide bonds. The van der Waals surface area contributed by atoms with Gasteiger partial charge in [-0.05, 0) is 50.2 Å². The number of benzene rings is 2. The number of nitrogens with one attached hydrogen (secondary N) is 1. The molecule has 0 saturated heterocycles. The summed E-state index contributed by atoms with van der Waals surface area (Å²) in [5.41, 5.74) is 6.15. The van der Waals surface area contributed by atoms with Crippen LogP contribution >= 0.6 is 11.3 Å². The molecule has 5 aromatic rings. The van der Waals surface area contributed by atoms with Crippen LogP contribution in [0.3, 0.4) is 0 Å². The zero-order valence-corrected chi connectivity index (χ0v) is 18.8. The van der Waals surface area contributed by atoms with Crippen LogP contribution in [0, 0.1) is 13.8 Å². The zero-order valence-electron chi connectivity index (χ0n) is 18.0. The summed E-state index contributed by atoms with van der Waals surface area (Å²) < 4.78 is 7.43. The summed E-state index contributed by atoms with van der Waals surface area (Å²) in [6.45, 7) is 4.00. The molecule has 7 heteroatoms. The fourth-order valence-electron chi connectivity index (χ4n) is 3.79. The largest absolute Gasteiger partial charge is 0.507 e. The number of aryl methyl sites for hydroxylation is 2. The van der Waals surface area contributed by atoms with Crippen molar-refractivity contribution < 1.29 is 9.84 Å². The molecule has 0 aliphatic carbocycles. The molecular weight excluding hydrogens is 420 g/mol. The third kappa shape index (κ3) is 3.56. The summed E-state index contributed by atoms with van der Waals surface area (Å²) in [5, 5.41) is 15.0. The van der Waals surface area contributed by atoms with Crippen molar-refractivity contribution >= 4 is 28.4 Å². The Hall–Kier alpha value is -3.84. The van der Waals surface area contributed by atoms with E-state index in [9.17, 15) is 5.11 Å². The summed E-state index contributed by atoms with van der Waals surface area (Å²) in [4.78, 5) is 10.1. The van der Waals surface area contributed by atoms with Crippen LogP contribution < -0.4 is 10.1 Å². The van der Waals surface area contributed by atoms with Gasteiger partial charge >= 0.3 is 0 Å². The Kier molecular flexibility index (Phi) is 5.03. The third-order valence-electron chi connectivity index (χ3n) is 5.40. The Morgan fingerprint density at radius 1 is 1.06 bits per heavy atom. The quantitative estimate of drug-likeness (QED) is 0.339. The van der Waals surface area contributed by atoms with Gasteiger partial charge in [0.2, 0.25) is 0 Å². The van der Waals surface area contributed by atoms with E-state index in [0.717, 1.165) is 55.2 Å². The van der Waals surface area contributed by atoms with Crippen LogP contribution in [0.25, 0.3) is 27.3 Å². The van der Waals surface area contributed by atoms with E-state index < -0.39 is 0 Å². The topological polar surface area (TPSA) is 71.7 Å². The number of methoxy groups -OCH3 is 1. The van der Waals surface area contributed by atoms with Crippen LogP contribution in [0.4, 0.5) is 11.4 Å². The lowest BCUT2D eigenvalue weighted by Crippen LogP contribution is -1.95. The number of hydrogen-bond donors (Lipinski definition) is 2. The van der Waals surface area contributed by atoms with E-state index >= 15 is 0 Å². The molecular formula is C25H22N4O2S. The Labute approximate surface area is 189 Å². The highest BCUT2D eigenvalue weighted by molar-refractivity contribution is 7.15. The number of nitrogens with zero attached hydrogens (tertiary/aromatic N) is 3. The molecule has 6 nitrogen and oxygen atoms in total. The van der Waals surface area contributed by atoms with Gasteiger partial charge in [0, 0.05) is 41.0 Å². The van der Waals surface area contributed by atoms with Crippen molar-refractivity contribution in [3.05, 3.63) is 77.7 Å². The lowest BCUT2D eigenvalue weighted by Gasteiger charge is -2.10. The minimum atomic E-state index is 0.210. The number of imidazole rings is 1. The van der Waals surface area contributed by atoms with E-state index in [1.165, 1.54) is 0 Å². The monoisotopic (exact) mass is 442 g/mol. The first-order valence-electron chi connectivity index (χ1n) is 10.2. The number of phenols is 1. The Morgan fingerprint density at radius 3 is 2.69 bits per heavy atom. The van der Waals surface area contributed by atoms with Gasteiger partial charge in [-0.2, -0.15) is 0 Å². The maximum atomic E-state index is 10.6. The number of aromatic nitrogens is 3. The number of thiazole rings is 1. The first-order valence-corrected chi connectivity index (χ1v) is 11.0. The van der Waals surface area contributed by atoms with Crippen molar-refractivity contribution in [2.75, 3.05) is 12.4 Å². The van der Waals surface area contributed by atoms with E-state index in [4.69, 9.17) is 9.72 Å². The Bertz CT molecular complexity index is 1440. The summed E-state index contributed by atoms with van der Waals surface area (Å²) in [6, 6.07) is 17.4. The number of hydrogen-bond acceptors (Lipinski definition) is 6. The SMILES string of the molecule is COc1cccc(-c2nc3c(Nc4ccc(-c5cnc(C)s5)c(O)c4)cccn3c2C)c1. The number of fused-ring (bicyclic) bond motifs is 1. The van der Waals surface area contributed by atoms with E-state index in [1.54, 1.807) is 30.7 Å². The van der Waals surface area contributed by atoms with Crippen LogP contribution in [-0.4, -0.2) is 26.6 Å². The van der Waals surface area contributed by atoms with Gasteiger partial charge in [0.25, 0.3) is 0 Å². The van der Waals surface area contributed by atoms with E-state index in [1.807, 2.05) is 61.7 Å². The van der Waals surface area contributed by atoms with Gasteiger partial charge in [-0.15, -0.1) is 11.3 Å². The van der Waals surface area contributed by atoms with E-state index in [2.05, 4.69) is 21.6 Å². The molecule has 0 aliphatic heterocycles. The smallest absolute Gasteiger partial charge is 0.161 e. The molecule has 0 aliphatic rings. The van der Waals surface area contributed by atoms with E-state index in [-0.39, 0.29) is 5.75 Å². The van der Waals surface area contributed by atoms with Gasteiger partial charge in [0.15, 0.2) is 5.65 Å². The minimum Gasteiger partial charge on any atom is -0.507 e.